The first-order chi connectivity index (χ1) is 11.2. The van der Waals surface area contributed by atoms with Gasteiger partial charge in [0, 0.05) is 0 Å². The number of nitrogens with one attached hydrogen (secondary N) is 1. The first-order valence-corrected chi connectivity index (χ1v) is 9.00. The monoisotopic (exact) mass is 357 g/mol. The van der Waals surface area contributed by atoms with Crippen molar-refractivity contribution in [3.05, 3.63) is 29.8 Å². The van der Waals surface area contributed by atoms with Crippen molar-refractivity contribution < 1.29 is 27.5 Å². The fourth-order valence-corrected chi connectivity index (χ4v) is 3.22. The Kier molecular flexibility index (Phi) is 7.37. The molecule has 0 aromatic heterocycles. The average molecular weight is 357 g/mol. The number of benzene rings is 1. The van der Waals surface area contributed by atoms with Crippen molar-refractivity contribution >= 4 is 22.0 Å². The van der Waals surface area contributed by atoms with E-state index in [4.69, 9.17) is 0 Å². The molecule has 0 unspecified atom stereocenters. The Morgan fingerprint density at radius 2 is 1.71 bits per heavy atom. The van der Waals surface area contributed by atoms with Gasteiger partial charge in [-0.2, -0.15) is 4.72 Å². The van der Waals surface area contributed by atoms with E-state index in [1.165, 1.54) is 12.1 Å². The molecule has 0 aliphatic rings. The van der Waals surface area contributed by atoms with Crippen LogP contribution in [0, 0.1) is 0 Å². The maximum atomic E-state index is 12.4. The summed E-state index contributed by atoms with van der Waals surface area (Å²) in [5.41, 5.74) is 1.02. The van der Waals surface area contributed by atoms with Gasteiger partial charge in [0.2, 0.25) is 10.0 Å². The van der Waals surface area contributed by atoms with E-state index in [9.17, 15) is 18.0 Å². The summed E-state index contributed by atoms with van der Waals surface area (Å²) < 4.78 is 36.0. The van der Waals surface area contributed by atoms with E-state index in [1.54, 1.807) is 12.1 Å². The highest BCUT2D eigenvalue weighted by Crippen LogP contribution is 2.20. The minimum atomic E-state index is -3.98. The first-order valence-electron chi connectivity index (χ1n) is 7.52. The van der Waals surface area contributed by atoms with Gasteiger partial charge in [-0.15, -0.1) is 0 Å². The Hall–Kier alpha value is -1.93. The summed E-state index contributed by atoms with van der Waals surface area (Å²) in [5.74, 6) is -1.27. The van der Waals surface area contributed by atoms with E-state index >= 15 is 0 Å². The third-order valence-electron chi connectivity index (χ3n) is 3.75. The molecule has 2 atom stereocenters. The molecule has 134 valence electrons. The molecule has 0 amide bonds. The lowest BCUT2D eigenvalue weighted by Crippen LogP contribution is -2.43. The van der Waals surface area contributed by atoms with Crippen LogP contribution in [0.4, 0.5) is 0 Å². The molecule has 24 heavy (non-hydrogen) atoms. The van der Waals surface area contributed by atoms with Crippen molar-refractivity contribution in [2.24, 2.45) is 0 Å². The Morgan fingerprint density at radius 3 is 2.17 bits per heavy atom. The predicted octanol–water partition coefficient (Wildman–Crippen LogP) is 1.58. The molecule has 8 heteroatoms. The van der Waals surface area contributed by atoms with Crippen LogP contribution in [0.1, 0.15) is 38.2 Å². The molecule has 1 aromatic carbocycles. The molecule has 0 saturated carbocycles. The van der Waals surface area contributed by atoms with Crippen LogP contribution in [0.5, 0.6) is 0 Å². The van der Waals surface area contributed by atoms with Crippen LogP contribution in [0.25, 0.3) is 0 Å². The maximum Gasteiger partial charge on any atom is 0.324 e. The quantitative estimate of drug-likeness (QED) is 0.709. The third-order valence-corrected chi connectivity index (χ3v) is 5.24. The molecule has 1 N–H and O–H groups in total. The van der Waals surface area contributed by atoms with Crippen molar-refractivity contribution in [1.82, 2.24) is 4.72 Å². The van der Waals surface area contributed by atoms with Gasteiger partial charge in [-0.3, -0.25) is 9.59 Å². The summed E-state index contributed by atoms with van der Waals surface area (Å²) in [6.07, 6.45) is 0.487. The molecule has 0 radical (unpaired) electrons. The van der Waals surface area contributed by atoms with Crippen LogP contribution in [0.15, 0.2) is 29.2 Å². The van der Waals surface area contributed by atoms with Crippen molar-refractivity contribution in [2.75, 3.05) is 14.2 Å². The van der Waals surface area contributed by atoms with Gasteiger partial charge in [0.05, 0.1) is 25.5 Å². The Labute approximate surface area is 142 Å². The number of hydrogen-bond acceptors (Lipinski definition) is 6. The average Bonchev–Trinajstić information content (AvgIpc) is 2.59. The van der Waals surface area contributed by atoms with Crippen molar-refractivity contribution in [3.63, 3.8) is 0 Å². The zero-order valence-corrected chi connectivity index (χ0v) is 15.1. The second kappa shape index (κ2) is 8.79. The number of rotatable bonds is 8. The smallest absolute Gasteiger partial charge is 0.324 e. The number of carbonyl (C=O) groups excluding carboxylic acids is 2. The Balaban J connectivity index is 3.00. The van der Waals surface area contributed by atoms with Gasteiger partial charge in [-0.1, -0.05) is 26.0 Å². The summed E-state index contributed by atoms with van der Waals surface area (Å²) >= 11 is 0. The molecule has 0 aliphatic carbocycles. The number of ether oxygens (including phenoxy) is 2. The molecule has 0 aliphatic heterocycles. The second-order valence-corrected chi connectivity index (χ2v) is 7.07. The normalized spacial score (nSPS) is 13.8. The molecule has 0 spiro atoms. The van der Waals surface area contributed by atoms with Crippen LogP contribution in [-0.4, -0.2) is 40.6 Å². The highest BCUT2D eigenvalue weighted by atomic mass is 32.2. The van der Waals surface area contributed by atoms with Gasteiger partial charge in [0.15, 0.2) is 0 Å². The van der Waals surface area contributed by atoms with Gasteiger partial charge >= 0.3 is 11.9 Å². The Bertz CT molecular complexity index is 668. The van der Waals surface area contributed by atoms with E-state index in [-0.39, 0.29) is 4.90 Å². The molecule has 0 bridgehead atoms. The highest BCUT2D eigenvalue weighted by molar-refractivity contribution is 7.89. The van der Waals surface area contributed by atoms with E-state index in [2.05, 4.69) is 14.2 Å². The lowest BCUT2D eigenvalue weighted by molar-refractivity contribution is -0.149. The van der Waals surface area contributed by atoms with Crippen LogP contribution in [-0.2, 0) is 29.1 Å². The van der Waals surface area contributed by atoms with E-state index in [1.807, 2.05) is 13.8 Å². The fraction of sp³-hybridized carbons (Fsp3) is 0.500. The molecule has 0 heterocycles. The second-order valence-electron chi connectivity index (χ2n) is 5.36. The zero-order valence-electron chi connectivity index (χ0n) is 14.2. The van der Waals surface area contributed by atoms with Crippen LogP contribution in [0.2, 0.25) is 0 Å². The molecule has 0 fully saturated rings. The summed E-state index contributed by atoms with van der Waals surface area (Å²) in [6, 6.07) is 5.06. The largest absolute Gasteiger partial charge is 0.469 e. The summed E-state index contributed by atoms with van der Waals surface area (Å²) in [5, 5.41) is 0. The fourth-order valence-electron chi connectivity index (χ4n) is 2.03. The lowest BCUT2D eigenvalue weighted by Gasteiger charge is -2.16. The summed E-state index contributed by atoms with van der Waals surface area (Å²) in [7, 11) is -1.71. The number of hydrogen-bond donors (Lipinski definition) is 1. The summed E-state index contributed by atoms with van der Waals surface area (Å²) in [4.78, 5) is 23.1. The van der Waals surface area contributed by atoms with Gasteiger partial charge in [0.25, 0.3) is 0 Å². The van der Waals surface area contributed by atoms with Crippen LogP contribution in [0.3, 0.4) is 0 Å². The maximum absolute atomic E-state index is 12.4. The van der Waals surface area contributed by atoms with Crippen LogP contribution >= 0.6 is 0 Å². The van der Waals surface area contributed by atoms with Gasteiger partial charge in [-0.25, -0.2) is 8.42 Å². The minimum Gasteiger partial charge on any atom is -0.469 e. The van der Waals surface area contributed by atoms with Gasteiger partial charge < -0.3 is 9.47 Å². The van der Waals surface area contributed by atoms with E-state index < -0.39 is 34.4 Å². The van der Waals surface area contributed by atoms with Crippen molar-refractivity contribution in [2.45, 2.75) is 43.5 Å². The standard InChI is InChI=1S/C16H23NO6S/c1-5-11(2)12-6-8-13(9-7-12)24(20,21)17-14(16(19)23-4)10-15(18)22-3/h6-9,11,14,17H,5,10H2,1-4H3/t11-,14+/m0/s1. The lowest BCUT2D eigenvalue weighted by atomic mass is 9.99. The molecular formula is C16H23NO6S. The van der Waals surface area contributed by atoms with E-state index in [0.29, 0.717) is 5.92 Å². The topological polar surface area (TPSA) is 98.8 Å². The molecule has 1 rings (SSSR count). The first kappa shape index (κ1) is 20.1. The van der Waals surface area contributed by atoms with Crippen molar-refractivity contribution in [1.29, 1.82) is 0 Å². The zero-order chi connectivity index (χ0) is 18.3. The van der Waals surface area contributed by atoms with Crippen LogP contribution < -0.4 is 4.72 Å². The molecule has 7 nitrogen and oxygen atoms in total. The predicted molar refractivity (Wildman–Crippen MR) is 87.9 cm³/mol. The summed E-state index contributed by atoms with van der Waals surface area (Å²) in [6.45, 7) is 4.09. The number of esters is 2. The number of sulfonamides is 1. The molecule has 1 aromatic rings. The van der Waals surface area contributed by atoms with Gasteiger partial charge in [0.1, 0.15) is 6.04 Å². The number of methoxy groups -OCH3 is 2. The minimum absolute atomic E-state index is 0.00771. The number of carbonyl (C=O) groups is 2. The SMILES string of the molecule is CC[C@H](C)c1ccc(S(=O)(=O)N[C@H](CC(=O)OC)C(=O)OC)cc1. The van der Waals surface area contributed by atoms with Gasteiger partial charge in [-0.05, 0) is 30.0 Å². The molecular weight excluding hydrogens is 334 g/mol. The highest BCUT2D eigenvalue weighted by Gasteiger charge is 2.29. The molecule has 0 saturated heterocycles. The van der Waals surface area contributed by atoms with Crippen molar-refractivity contribution in [3.8, 4) is 0 Å². The Morgan fingerprint density at radius 1 is 1.12 bits per heavy atom. The van der Waals surface area contributed by atoms with E-state index in [0.717, 1.165) is 26.2 Å². The third kappa shape index (κ3) is 5.31.